The number of carbonyl (C=O) groups is 1. The smallest absolute Gasteiger partial charge is 0.271 e. The molecule has 6 heteroatoms. The van der Waals surface area contributed by atoms with Crippen LogP contribution in [-0.4, -0.2) is 16.0 Å². The molecule has 3 heterocycles. The van der Waals surface area contributed by atoms with E-state index in [1.807, 2.05) is 11.4 Å². The van der Waals surface area contributed by atoms with Crippen molar-refractivity contribution in [2.45, 2.75) is 0 Å². The third-order valence-electron chi connectivity index (χ3n) is 2.57. The average Bonchev–Trinajstić information content (AvgIpc) is 3.00. The molecule has 0 unspecified atom stereocenters. The predicted octanol–water partition coefficient (Wildman–Crippen LogP) is 2.36. The molecule has 0 aliphatic carbocycles. The highest BCUT2D eigenvalue weighted by molar-refractivity contribution is 7.17. The number of nitrogens with zero attached hydrogens (tertiary/aromatic N) is 1. The maximum atomic E-state index is 11.3. The number of primary amides is 1. The van der Waals surface area contributed by atoms with E-state index in [9.17, 15) is 9.90 Å². The van der Waals surface area contributed by atoms with Crippen molar-refractivity contribution in [3.8, 4) is 17.2 Å². The summed E-state index contributed by atoms with van der Waals surface area (Å²) < 4.78 is 5.85. The van der Waals surface area contributed by atoms with Crippen LogP contribution in [0.25, 0.3) is 21.5 Å². The summed E-state index contributed by atoms with van der Waals surface area (Å²) >= 11 is 1.32. The fraction of sp³-hybridized carbons (Fsp3) is 0. The number of aromatic nitrogens is 1. The first kappa shape index (κ1) is 10.8. The van der Waals surface area contributed by atoms with Gasteiger partial charge in [-0.2, -0.15) is 0 Å². The average molecular weight is 260 g/mol. The third kappa shape index (κ3) is 1.46. The van der Waals surface area contributed by atoms with Gasteiger partial charge in [0, 0.05) is 5.39 Å². The van der Waals surface area contributed by atoms with Gasteiger partial charge in [0.1, 0.15) is 5.69 Å². The molecule has 90 valence electrons. The zero-order chi connectivity index (χ0) is 12.7. The predicted molar refractivity (Wildman–Crippen MR) is 67.5 cm³/mol. The minimum absolute atomic E-state index is 0.142. The van der Waals surface area contributed by atoms with Crippen LogP contribution in [0.15, 0.2) is 34.3 Å². The molecule has 0 atom stereocenters. The lowest BCUT2D eigenvalue weighted by Gasteiger charge is -2.05. The second-order valence-corrected chi connectivity index (χ2v) is 4.58. The molecule has 3 rings (SSSR count). The number of fused-ring (bicyclic) bond motifs is 1. The van der Waals surface area contributed by atoms with Crippen molar-refractivity contribution in [1.29, 1.82) is 0 Å². The summed E-state index contributed by atoms with van der Waals surface area (Å²) in [6, 6.07) is 5.28. The Morgan fingerprint density at radius 3 is 2.94 bits per heavy atom. The number of furan rings is 1. The topological polar surface area (TPSA) is 89.4 Å². The molecular formula is C12H8N2O3S. The Hall–Kier alpha value is -2.34. The van der Waals surface area contributed by atoms with E-state index >= 15 is 0 Å². The minimum Gasteiger partial charge on any atom is -0.504 e. The second kappa shape index (κ2) is 3.85. The molecule has 3 aromatic rings. The number of aromatic hydroxyl groups is 1. The maximum absolute atomic E-state index is 11.3. The van der Waals surface area contributed by atoms with E-state index in [0.717, 1.165) is 5.39 Å². The standard InChI is InChI=1S/C12H8N2O3S/c13-12(16)9-10(15)11-6(3-5-18-11)8(14-9)7-2-1-4-17-7/h1-5,15H,(H2,13,16). The van der Waals surface area contributed by atoms with Crippen molar-refractivity contribution < 1.29 is 14.3 Å². The van der Waals surface area contributed by atoms with Crippen LogP contribution < -0.4 is 5.73 Å². The van der Waals surface area contributed by atoms with Gasteiger partial charge in [0.05, 0.1) is 11.0 Å². The largest absolute Gasteiger partial charge is 0.504 e. The minimum atomic E-state index is -0.768. The molecule has 3 N–H and O–H groups in total. The van der Waals surface area contributed by atoms with E-state index in [-0.39, 0.29) is 11.4 Å². The molecular weight excluding hydrogens is 252 g/mol. The Kier molecular flexibility index (Phi) is 2.31. The number of hydrogen-bond acceptors (Lipinski definition) is 5. The molecule has 1 amide bonds. The number of rotatable bonds is 2. The highest BCUT2D eigenvalue weighted by atomic mass is 32.1. The number of carbonyl (C=O) groups excluding carboxylic acids is 1. The van der Waals surface area contributed by atoms with Gasteiger partial charge in [0.15, 0.2) is 17.2 Å². The van der Waals surface area contributed by atoms with Crippen molar-refractivity contribution in [3.05, 3.63) is 35.5 Å². The molecule has 0 aliphatic heterocycles. The van der Waals surface area contributed by atoms with Crippen LogP contribution in [0.5, 0.6) is 5.75 Å². The van der Waals surface area contributed by atoms with E-state index in [2.05, 4.69) is 4.98 Å². The summed E-state index contributed by atoms with van der Waals surface area (Å²) in [4.78, 5) is 15.4. The SMILES string of the molecule is NC(=O)c1nc(-c2ccco2)c2ccsc2c1O. The number of thiophene rings is 1. The summed E-state index contributed by atoms with van der Waals surface area (Å²) in [5.74, 6) is -0.417. The fourth-order valence-electron chi connectivity index (χ4n) is 1.78. The van der Waals surface area contributed by atoms with E-state index in [0.29, 0.717) is 16.2 Å². The van der Waals surface area contributed by atoms with Crippen LogP contribution in [0.4, 0.5) is 0 Å². The van der Waals surface area contributed by atoms with E-state index < -0.39 is 5.91 Å². The number of pyridine rings is 1. The maximum Gasteiger partial charge on any atom is 0.271 e. The van der Waals surface area contributed by atoms with E-state index in [1.165, 1.54) is 17.6 Å². The summed E-state index contributed by atoms with van der Waals surface area (Å²) in [5, 5.41) is 12.5. The van der Waals surface area contributed by atoms with Gasteiger partial charge < -0.3 is 15.3 Å². The number of amides is 1. The molecule has 18 heavy (non-hydrogen) atoms. The van der Waals surface area contributed by atoms with Crippen LogP contribution in [0.2, 0.25) is 0 Å². The van der Waals surface area contributed by atoms with Crippen LogP contribution in [0.1, 0.15) is 10.5 Å². The Morgan fingerprint density at radius 1 is 1.44 bits per heavy atom. The zero-order valence-electron chi connectivity index (χ0n) is 9.08. The molecule has 0 aliphatic rings. The zero-order valence-corrected chi connectivity index (χ0v) is 9.90. The summed E-state index contributed by atoms with van der Waals surface area (Å²) in [6.07, 6.45) is 1.52. The second-order valence-electron chi connectivity index (χ2n) is 3.66. The first-order valence-electron chi connectivity index (χ1n) is 5.12. The van der Waals surface area contributed by atoms with Crippen LogP contribution >= 0.6 is 11.3 Å². The van der Waals surface area contributed by atoms with Gasteiger partial charge in [0.2, 0.25) is 0 Å². The summed E-state index contributed by atoms with van der Waals surface area (Å²) in [7, 11) is 0. The first-order chi connectivity index (χ1) is 8.68. The van der Waals surface area contributed by atoms with Gasteiger partial charge in [-0.3, -0.25) is 4.79 Å². The molecule has 0 saturated heterocycles. The Bertz CT molecular complexity index is 731. The molecule has 3 aromatic heterocycles. The Morgan fingerprint density at radius 2 is 2.28 bits per heavy atom. The summed E-state index contributed by atoms with van der Waals surface area (Å²) in [5.41, 5.74) is 5.57. The van der Waals surface area contributed by atoms with Crippen molar-refractivity contribution in [3.63, 3.8) is 0 Å². The lowest BCUT2D eigenvalue weighted by Crippen LogP contribution is -2.13. The molecule has 5 nitrogen and oxygen atoms in total. The van der Waals surface area contributed by atoms with Crippen molar-refractivity contribution in [2.75, 3.05) is 0 Å². The van der Waals surface area contributed by atoms with Gasteiger partial charge in [0.25, 0.3) is 5.91 Å². The van der Waals surface area contributed by atoms with E-state index in [1.54, 1.807) is 12.1 Å². The van der Waals surface area contributed by atoms with Crippen molar-refractivity contribution in [2.24, 2.45) is 5.73 Å². The number of hydrogen-bond donors (Lipinski definition) is 2. The van der Waals surface area contributed by atoms with Gasteiger partial charge in [-0.1, -0.05) is 0 Å². The Labute approximate surface area is 105 Å². The Balaban J connectivity index is 2.41. The van der Waals surface area contributed by atoms with Gasteiger partial charge in [-0.05, 0) is 23.6 Å². The van der Waals surface area contributed by atoms with Gasteiger partial charge in [-0.15, -0.1) is 11.3 Å². The molecule has 0 saturated carbocycles. The highest BCUT2D eigenvalue weighted by Crippen LogP contribution is 2.37. The van der Waals surface area contributed by atoms with E-state index in [4.69, 9.17) is 10.2 Å². The van der Waals surface area contributed by atoms with Gasteiger partial charge >= 0.3 is 0 Å². The monoisotopic (exact) mass is 260 g/mol. The molecule has 0 spiro atoms. The lowest BCUT2D eigenvalue weighted by atomic mass is 10.1. The van der Waals surface area contributed by atoms with Crippen molar-refractivity contribution in [1.82, 2.24) is 4.98 Å². The molecule has 0 fully saturated rings. The fourth-order valence-corrected chi connectivity index (χ4v) is 2.62. The lowest BCUT2D eigenvalue weighted by molar-refractivity contribution is 0.0993. The van der Waals surface area contributed by atoms with Crippen molar-refractivity contribution >= 4 is 27.3 Å². The van der Waals surface area contributed by atoms with Gasteiger partial charge in [-0.25, -0.2) is 4.98 Å². The molecule has 0 aromatic carbocycles. The van der Waals surface area contributed by atoms with Crippen LogP contribution in [0, 0.1) is 0 Å². The highest BCUT2D eigenvalue weighted by Gasteiger charge is 2.19. The van der Waals surface area contributed by atoms with Crippen LogP contribution in [0.3, 0.4) is 0 Å². The quantitative estimate of drug-likeness (QED) is 0.740. The molecule has 0 radical (unpaired) electrons. The summed E-state index contributed by atoms with van der Waals surface area (Å²) in [6.45, 7) is 0. The number of nitrogens with two attached hydrogens (primary N) is 1. The van der Waals surface area contributed by atoms with Crippen LogP contribution in [-0.2, 0) is 0 Å². The molecule has 0 bridgehead atoms. The normalized spacial score (nSPS) is 10.9. The first-order valence-corrected chi connectivity index (χ1v) is 6.00. The third-order valence-corrected chi connectivity index (χ3v) is 3.49.